The first-order valence-electron chi connectivity index (χ1n) is 11.0. The maximum atomic E-state index is 10.8. The maximum Gasteiger partial charge on any atom is 0.125 e. The summed E-state index contributed by atoms with van der Waals surface area (Å²) in [5.41, 5.74) is 3.76. The quantitative estimate of drug-likeness (QED) is 0.428. The molecule has 0 N–H and O–H groups in total. The van der Waals surface area contributed by atoms with E-state index in [0.29, 0.717) is 0 Å². The van der Waals surface area contributed by atoms with Crippen molar-refractivity contribution in [2.45, 2.75) is 57.8 Å². The summed E-state index contributed by atoms with van der Waals surface area (Å²) in [5, 5.41) is 0.902. The Bertz CT molecular complexity index is 717. The van der Waals surface area contributed by atoms with Crippen LogP contribution in [0.3, 0.4) is 0 Å². The summed E-state index contributed by atoms with van der Waals surface area (Å²) in [5.74, 6) is 2.12. The van der Waals surface area contributed by atoms with Crippen molar-refractivity contribution in [1.29, 1.82) is 0 Å². The van der Waals surface area contributed by atoms with Gasteiger partial charge in [0, 0.05) is 30.6 Å². The van der Waals surface area contributed by atoms with E-state index in [2.05, 4.69) is 23.1 Å². The topological polar surface area (TPSA) is 29.5 Å². The highest BCUT2D eigenvalue weighted by Gasteiger charge is 2.28. The number of fused-ring (bicyclic) bond motifs is 1. The van der Waals surface area contributed by atoms with Crippen molar-refractivity contribution in [1.82, 2.24) is 4.90 Å². The zero-order valence-corrected chi connectivity index (χ0v) is 17.6. The molecule has 4 heteroatoms. The molecule has 1 saturated heterocycles. The normalized spacial score (nSPS) is 21.3. The minimum absolute atomic E-state index is 0.216. The molecule has 1 aliphatic heterocycles. The van der Waals surface area contributed by atoms with Gasteiger partial charge in [0.1, 0.15) is 12.0 Å². The number of hydrogen-bond donors (Lipinski definition) is 0. The first-order chi connectivity index (χ1) is 13.7. The lowest BCUT2D eigenvalue weighted by atomic mass is 9.86. The summed E-state index contributed by atoms with van der Waals surface area (Å²) in [6.45, 7) is 3.45. The predicted molar refractivity (Wildman–Crippen MR) is 115 cm³/mol. The van der Waals surface area contributed by atoms with Gasteiger partial charge in [-0.3, -0.25) is 4.90 Å². The van der Waals surface area contributed by atoms with Crippen molar-refractivity contribution < 1.29 is 9.53 Å². The zero-order chi connectivity index (χ0) is 19.3. The maximum absolute atomic E-state index is 10.8. The second kappa shape index (κ2) is 9.45. The van der Waals surface area contributed by atoms with Crippen molar-refractivity contribution in [2.24, 2.45) is 11.8 Å². The number of hydrogen-bond acceptors (Lipinski definition) is 3. The molecule has 152 valence electrons. The van der Waals surface area contributed by atoms with E-state index in [9.17, 15) is 4.79 Å². The van der Waals surface area contributed by atoms with E-state index in [1.807, 2.05) is 0 Å². The molecule has 0 spiro atoms. The number of rotatable bonds is 8. The van der Waals surface area contributed by atoms with Gasteiger partial charge in [-0.15, -0.1) is 0 Å². The van der Waals surface area contributed by atoms with Gasteiger partial charge in [-0.1, -0.05) is 43.7 Å². The number of carbonyl (C=O) groups excluding carboxylic acids is 1. The standard InChI is InChI=1S/C24H32ClNO2/c25-24-21(16-26-14-19(15-26)17-27)9-8-20-13-22(10-11-23(20)24)28-12-4-7-18-5-2-1-3-6-18/h10-11,13,17-19H,1-9,12,14-16H2. The van der Waals surface area contributed by atoms with Crippen molar-refractivity contribution in [2.75, 3.05) is 26.2 Å². The molecule has 1 heterocycles. The van der Waals surface area contributed by atoms with Crippen LogP contribution in [0.25, 0.3) is 5.03 Å². The van der Waals surface area contributed by atoms with Crippen LogP contribution in [0, 0.1) is 11.8 Å². The fourth-order valence-corrected chi connectivity index (χ4v) is 5.29. The largest absolute Gasteiger partial charge is 0.494 e. The average molecular weight is 402 g/mol. The molecule has 0 radical (unpaired) electrons. The fraction of sp³-hybridized carbons (Fsp3) is 0.625. The number of ether oxygens (including phenoxy) is 1. The van der Waals surface area contributed by atoms with Crippen molar-refractivity contribution in [3.63, 3.8) is 0 Å². The number of nitrogens with zero attached hydrogens (tertiary/aromatic N) is 1. The van der Waals surface area contributed by atoms with Crippen LogP contribution in [-0.2, 0) is 11.2 Å². The number of benzene rings is 1. The van der Waals surface area contributed by atoms with E-state index in [-0.39, 0.29) is 5.92 Å². The van der Waals surface area contributed by atoms with E-state index >= 15 is 0 Å². The van der Waals surface area contributed by atoms with Gasteiger partial charge >= 0.3 is 0 Å². The lowest BCUT2D eigenvalue weighted by Crippen LogP contribution is -2.48. The van der Waals surface area contributed by atoms with Crippen molar-refractivity contribution >= 4 is 22.9 Å². The second-order valence-electron chi connectivity index (χ2n) is 8.82. The number of carbonyl (C=O) groups is 1. The monoisotopic (exact) mass is 401 g/mol. The number of aldehydes is 1. The van der Waals surface area contributed by atoms with Gasteiger partial charge < -0.3 is 9.53 Å². The Morgan fingerprint density at radius 2 is 1.96 bits per heavy atom. The zero-order valence-electron chi connectivity index (χ0n) is 16.8. The summed E-state index contributed by atoms with van der Waals surface area (Å²) in [6.07, 6.45) is 12.7. The Morgan fingerprint density at radius 3 is 2.75 bits per heavy atom. The minimum Gasteiger partial charge on any atom is -0.494 e. The smallest absolute Gasteiger partial charge is 0.125 e. The molecular weight excluding hydrogens is 370 g/mol. The van der Waals surface area contributed by atoms with Crippen LogP contribution in [0.2, 0.25) is 0 Å². The van der Waals surface area contributed by atoms with E-state index in [0.717, 1.165) is 74.1 Å². The molecule has 3 nitrogen and oxygen atoms in total. The summed E-state index contributed by atoms with van der Waals surface area (Å²) in [4.78, 5) is 13.1. The van der Waals surface area contributed by atoms with E-state index in [4.69, 9.17) is 16.3 Å². The average Bonchev–Trinajstić information content (AvgIpc) is 2.70. The first-order valence-corrected chi connectivity index (χ1v) is 11.4. The summed E-state index contributed by atoms with van der Waals surface area (Å²) >= 11 is 6.72. The third kappa shape index (κ3) is 4.80. The molecule has 3 aliphatic rings. The molecule has 1 saturated carbocycles. The number of aryl methyl sites for hydroxylation is 1. The Labute approximate surface area is 174 Å². The Kier molecular flexibility index (Phi) is 6.74. The predicted octanol–water partition coefficient (Wildman–Crippen LogP) is 5.45. The van der Waals surface area contributed by atoms with Crippen LogP contribution in [0.4, 0.5) is 0 Å². The van der Waals surface area contributed by atoms with Gasteiger partial charge in [-0.25, -0.2) is 0 Å². The number of likely N-dealkylation sites (tertiary alicyclic amines) is 1. The SMILES string of the molecule is O=CC1CN(CC2=C(Cl)c3ccc(OCCCC4CCCCC4)cc3CC2)C1. The molecule has 2 fully saturated rings. The van der Waals surface area contributed by atoms with Gasteiger partial charge in [0.05, 0.1) is 6.61 Å². The van der Waals surface area contributed by atoms with Gasteiger partial charge in [0.25, 0.3) is 0 Å². The van der Waals surface area contributed by atoms with Crippen LogP contribution in [-0.4, -0.2) is 37.4 Å². The van der Waals surface area contributed by atoms with Crippen molar-refractivity contribution in [3.05, 3.63) is 34.9 Å². The molecule has 28 heavy (non-hydrogen) atoms. The summed E-state index contributed by atoms with van der Waals surface area (Å²) in [6, 6.07) is 6.37. The molecular formula is C24H32ClNO2. The molecule has 0 atom stereocenters. The summed E-state index contributed by atoms with van der Waals surface area (Å²) in [7, 11) is 0. The molecule has 4 rings (SSSR count). The van der Waals surface area contributed by atoms with Crippen LogP contribution in [0.5, 0.6) is 5.75 Å². The third-order valence-electron chi connectivity index (χ3n) is 6.66. The Morgan fingerprint density at radius 1 is 1.14 bits per heavy atom. The summed E-state index contributed by atoms with van der Waals surface area (Å²) < 4.78 is 6.04. The van der Waals surface area contributed by atoms with Gasteiger partial charge in [0.15, 0.2) is 0 Å². The van der Waals surface area contributed by atoms with E-state index in [1.165, 1.54) is 49.7 Å². The minimum atomic E-state index is 0.216. The first kappa shape index (κ1) is 20.0. The highest BCUT2D eigenvalue weighted by atomic mass is 35.5. The fourth-order valence-electron chi connectivity index (χ4n) is 4.95. The third-order valence-corrected chi connectivity index (χ3v) is 7.13. The molecule has 2 aliphatic carbocycles. The van der Waals surface area contributed by atoms with E-state index < -0.39 is 0 Å². The molecule has 0 bridgehead atoms. The molecule has 0 aromatic heterocycles. The van der Waals surface area contributed by atoms with Crippen LogP contribution in [0.1, 0.15) is 62.5 Å². The van der Waals surface area contributed by atoms with E-state index in [1.54, 1.807) is 0 Å². The van der Waals surface area contributed by atoms with Crippen LogP contribution < -0.4 is 4.74 Å². The Hall–Kier alpha value is -1.32. The Balaban J connectivity index is 1.28. The molecule has 0 unspecified atom stereocenters. The highest BCUT2D eigenvalue weighted by Crippen LogP contribution is 2.37. The van der Waals surface area contributed by atoms with Gasteiger partial charge in [0.2, 0.25) is 0 Å². The van der Waals surface area contributed by atoms with Crippen LogP contribution >= 0.6 is 11.6 Å². The lowest BCUT2D eigenvalue weighted by Gasteiger charge is -2.37. The highest BCUT2D eigenvalue weighted by molar-refractivity contribution is 6.49. The van der Waals surface area contributed by atoms with Crippen molar-refractivity contribution in [3.8, 4) is 5.75 Å². The van der Waals surface area contributed by atoms with Gasteiger partial charge in [-0.2, -0.15) is 0 Å². The number of halogens is 1. The lowest BCUT2D eigenvalue weighted by molar-refractivity contribution is -0.115. The van der Waals surface area contributed by atoms with Gasteiger partial charge in [-0.05, 0) is 66.5 Å². The second-order valence-corrected chi connectivity index (χ2v) is 9.20. The molecule has 0 amide bonds. The van der Waals surface area contributed by atoms with Crippen LogP contribution in [0.15, 0.2) is 23.8 Å². The molecule has 1 aromatic carbocycles. The molecule has 1 aromatic rings.